The second-order valence-electron chi connectivity index (χ2n) is 2.76. The van der Waals surface area contributed by atoms with Gasteiger partial charge in [-0.05, 0) is 12.1 Å². The minimum Gasteiger partial charge on any atom is -0.294 e. The van der Waals surface area contributed by atoms with Crippen molar-refractivity contribution in [2.45, 2.75) is 10.2 Å². The van der Waals surface area contributed by atoms with E-state index in [0.717, 1.165) is 0 Å². The van der Waals surface area contributed by atoms with Crippen molar-refractivity contribution in [3.05, 3.63) is 30.1 Å². The van der Waals surface area contributed by atoms with Gasteiger partial charge in [0.1, 0.15) is 0 Å². The van der Waals surface area contributed by atoms with Gasteiger partial charge in [-0.25, -0.2) is 0 Å². The van der Waals surface area contributed by atoms with E-state index >= 15 is 0 Å². The van der Waals surface area contributed by atoms with Crippen molar-refractivity contribution >= 4 is 46.4 Å². The molecule has 1 heterocycles. The van der Waals surface area contributed by atoms with Crippen LogP contribution in [0.2, 0.25) is 0 Å². The summed E-state index contributed by atoms with van der Waals surface area (Å²) in [6, 6.07) is 2.99. The van der Waals surface area contributed by atoms with Gasteiger partial charge < -0.3 is 0 Å². The van der Waals surface area contributed by atoms with Gasteiger partial charge >= 0.3 is 0 Å². The molecule has 1 aromatic rings. The summed E-state index contributed by atoms with van der Waals surface area (Å²) in [6.45, 7) is 0. The quantitative estimate of drug-likeness (QED) is 0.480. The van der Waals surface area contributed by atoms with E-state index in [4.69, 9.17) is 34.8 Å². The summed E-state index contributed by atoms with van der Waals surface area (Å²) in [5, 5.41) is 0. The fraction of sp³-hybridized carbons (Fsp3) is 0.222. The second-order valence-corrected chi connectivity index (χ2v) is 5.04. The zero-order valence-electron chi connectivity index (χ0n) is 7.41. The summed E-state index contributed by atoms with van der Waals surface area (Å²) in [5.41, 5.74) is 0.368. The second kappa shape index (κ2) is 4.92. The first-order valence-corrected chi connectivity index (χ1v) is 5.08. The number of nitrogens with zero attached hydrogens (tertiary/aromatic N) is 1. The Morgan fingerprint density at radius 1 is 1.20 bits per heavy atom. The summed E-state index contributed by atoms with van der Waals surface area (Å²) in [6.07, 6.45) is 2.47. The van der Waals surface area contributed by atoms with Gasteiger partial charge in [-0.3, -0.25) is 14.6 Å². The topological polar surface area (TPSA) is 47.0 Å². The van der Waals surface area contributed by atoms with Crippen molar-refractivity contribution in [2.75, 3.05) is 0 Å². The van der Waals surface area contributed by atoms with E-state index in [1.807, 2.05) is 0 Å². The number of carbonyl (C=O) groups is 2. The number of alkyl halides is 3. The molecule has 0 atom stereocenters. The van der Waals surface area contributed by atoms with Gasteiger partial charge in [0.25, 0.3) is 0 Å². The van der Waals surface area contributed by atoms with Crippen molar-refractivity contribution in [2.24, 2.45) is 0 Å². The molecule has 0 radical (unpaired) electrons. The first-order chi connectivity index (χ1) is 6.91. The monoisotopic (exact) mass is 265 g/mol. The number of pyridine rings is 1. The minimum absolute atomic E-state index is 0.368. The standard InChI is InChI=1S/C9H6Cl3NO2/c10-9(11,12)8(15)5-7(14)6-1-3-13-4-2-6/h1-4H,5H2. The number of halogens is 3. The van der Waals surface area contributed by atoms with Crippen LogP contribution in [0.1, 0.15) is 16.8 Å². The lowest BCUT2D eigenvalue weighted by Gasteiger charge is -2.07. The summed E-state index contributed by atoms with van der Waals surface area (Å²) >= 11 is 16.0. The fourth-order valence-corrected chi connectivity index (χ4v) is 1.09. The Bertz CT molecular complexity index is 373. The zero-order valence-corrected chi connectivity index (χ0v) is 9.68. The third kappa shape index (κ3) is 3.78. The van der Waals surface area contributed by atoms with Crippen LogP contribution in [0.25, 0.3) is 0 Å². The minimum atomic E-state index is -2.04. The predicted octanol–water partition coefficient (Wildman–Crippen LogP) is 2.59. The van der Waals surface area contributed by atoms with E-state index in [9.17, 15) is 9.59 Å². The molecule has 1 rings (SSSR count). The smallest absolute Gasteiger partial charge is 0.249 e. The molecule has 0 amide bonds. The summed E-state index contributed by atoms with van der Waals surface area (Å²) in [4.78, 5) is 26.4. The lowest BCUT2D eigenvalue weighted by atomic mass is 10.1. The van der Waals surface area contributed by atoms with Crippen molar-refractivity contribution in [1.29, 1.82) is 0 Å². The first-order valence-electron chi connectivity index (χ1n) is 3.94. The molecule has 0 fully saturated rings. The molecule has 6 heteroatoms. The van der Waals surface area contributed by atoms with Crippen LogP contribution in [-0.4, -0.2) is 20.3 Å². The molecule has 15 heavy (non-hydrogen) atoms. The van der Waals surface area contributed by atoms with E-state index in [1.54, 1.807) is 0 Å². The molecular formula is C9H6Cl3NO2. The molecule has 3 nitrogen and oxygen atoms in total. The molecule has 0 aliphatic heterocycles. The van der Waals surface area contributed by atoms with Gasteiger partial charge in [-0.1, -0.05) is 34.8 Å². The lowest BCUT2D eigenvalue weighted by Crippen LogP contribution is -2.22. The highest BCUT2D eigenvalue weighted by Crippen LogP contribution is 2.28. The van der Waals surface area contributed by atoms with E-state index in [-0.39, 0.29) is 0 Å². The highest BCUT2D eigenvalue weighted by atomic mass is 35.6. The molecule has 0 unspecified atom stereocenters. The summed E-state index contributed by atoms with van der Waals surface area (Å²) < 4.78 is -2.04. The maximum absolute atomic E-state index is 11.5. The average Bonchev–Trinajstić information content (AvgIpc) is 2.17. The molecule has 0 aromatic carbocycles. The van der Waals surface area contributed by atoms with Crippen LogP contribution in [0.15, 0.2) is 24.5 Å². The SMILES string of the molecule is O=C(CC(=O)C(Cl)(Cl)Cl)c1ccncc1. The number of carbonyl (C=O) groups excluding carboxylic acids is 2. The average molecular weight is 267 g/mol. The van der Waals surface area contributed by atoms with Crippen LogP contribution in [0.4, 0.5) is 0 Å². The molecule has 0 spiro atoms. The Morgan fingerprint density at radius 3 is 2.20 bits per heavy atom. The van der Waals surface area contributed by atoms with Crippen LogP contribution in [0.5, 0.6) is 0 Å². The molecule has 0 aliphatic carbocycles. The van der Waals surface area contributed by atoms with Crippen molar-refractivity contribution in [3.8, 4) is 0 Å². The van der Waals surface area contributed by atoms with E-state index in [0.29, 0.717) is 5.56 Å². The van der Waals surface area contributed by atoms with Crippen LogP contribution < -0.4 is 0 Å². The molecule has 0 bridgehead atoms. The third-order valence-electron chi connectivity index (χ3n) is 1.64. The van der Waals surface area contributed by atoms with Gasteiger partial charge in [0.15, 0.2) is 11.6 Å². The number of rotatable bonds is 3. The molecule has 0 saturated heterocycles. The molecule has 1 aromatic heterocycles. The largest absolute Gasteiger partial charge is 0.294 e. The Morgan fingerprint density at radius 2 is 1.73 bits per heavy atom. The summed E-state index contributed by atoms with van der Waals surface area (Å²) in [5.74, 6) is -1.14. The molecular weight excluding hydrogens is 260 g/mol. The van der Waals surface area contributed by atoms with Crippen molar-refractivity contribution in [1.82, 2.24) is 4.98 Å². The van der Waals surface area contributed by atoms with Crippen LogP contribution in [0, 0.1) is 0 Å². The van der Waals surface area contributed by atoms with Crippen LogP contribution in [0.3, 0.4) is 0 Å². The van der Waals surface area contributed by atoms with Gasteiger partial charge in [-0.15, -0.1) is 0 Å². The predicted molar refractivity (Wildman–Crippen MR) is 58.5 cm³/mol. The third-order valence-corrected chi connectivity index (χ3v) is 2.27. The number of Topliss-reactive ketones (excluding diaryl/α,β-unsaturated/α-hetero) is 2. The van der Waals surface area contributed by atoms with Crippen LogP contribution >= 0.6 is 34.8 Å². The Labute approximate surface area is 101 Å². The van der Waals surface area contributed by atoms with Gasteiger partial charge in [0, 0.05) is 18.0 Å². The zero-order chi connectivity index (χ0) is 11.5. The number of aromatic nitrogens is 1. The highest BCUT2D eigenvalue weighted by Gasteiger charge is 2.31. The Balaban J connectivity index is 2.70. The maximum atomic E-state index is 11.5. The lowest BCUT2D eigenvalue weighted by molar-refractivity contribution is -0.117. The van der Waals surface area contributed by atoms with Gasteiger partial charge in [0.05, 0.1) is 6.42 Å². The number of ketones is 2. The summed E-state index contributed by atoms with van der Waals surface area (Å²) in [7, 11) is 0. The Kier molecular flexibility index (Phi) is 4.08. The van der Waals surface area contributed by atoms with Crippen LogP contribution in [-0.2, 0) is 4.79 Å². The van der Waals surface area contributed by atoms with E-state index < -0.39 is 21.8 Å². The van der Waals surface area contributed by atoms with Gasteiger partial charge in [-0.2, -0.15) is 0 Å². The van der Waals surface area contributed by atoms with E-state index in [1.165, 1.54) is 24.5 Å². The van der Waals surface area contributed by atoms with Crippen molar-refractivity contribution < 1.29 is 9.59 Å². The molecule has 80 valence electrons. The number of hydrogen-bond acceptors (Lipinski definition) is 3. The molecule has 0 saturated carbocycles. The highest BCUT2D eigenvalue weighted by molar-refractivity contribution is 6.76. The number of hydrogen-bond donors (Lipinski definition) is 0. The van der Waals surface area contributed by atoms with E-state index in [2.05, 4.69) is 4.98 Å². The fourth-order valence-electron chi connectivity index (χ4n) is 0.886. The Hall–Kier alpha value is -0.640. The molecule has 0 N–H and O–H groups in total. The normalized spacial score (nSPS) is 11.1. The maximum Gasteiger partial charge on any atom is 0.249 e. The molecule has 0 aliphatic rings. The van der Waals surface area contributed by atoms with Gasteiger partial charge in [0.2, 0.25) is 3.79 Å². The van der Waals surface area contributed by atoms with Crippen molar-refractivity contribution in [3.63, 3.8) is 0 Å². The first kappa shape index (κ1) is 12.4.